The summed E-state index contributed by atoms with van der Waals surface area (Å²) >= 11 is 0. The van der Waals surface area contributed by atoms with Gasteiger partial charge < -0.3 is 4.74 Å². The van der Waals surface area contributed by atoms with Crippen molar-refractivity contribution in [3.05, 3.63) is 24.0 Å². The van der Waals surface area contributed by atoms with Gasteiger partial charge in [-0.25, -0.2) is 0 Å². The van der Waals surface area contributed by atoms with E-state index in [1.165, 1.54) is 12.8 Å². The molecule has 1 saturated carbocycles. The highest BCUT2D eigenvalue weighted by Gasteiger charge is 2.23. The number of rotatable bonds is 2. The summed E-state index contributed by atoms with van der Waals surface area (Å²) in [4.78, 5) is 4.09. The van der Waals surface area contributed by atoms with Gasteiger partial charge in [-0.2, -0.15) is 0 Å². The Morgan fingerprint density at radius 1 is 1.55 bits per heavy atom. The first kappa shape index (κ1) is 6.65. The number of ether oxygens (including phenoxy) is 1. The van der Waals surface area contributed by atoms with Crippen LogP contribution >= 0.6 is 0 Å². The van der Waals surface area contributed by atoms with E-state index in [-0.39, 0.29) is 0 Å². The van der Waals surface area contributed by atoms with Crippen LogP contribution in [0.4, 0.5) is 0 Å². The Morgan fingerprint density at radius 2 is 2.36 bits per heavy atom. The normalized spacial score (nSPS) is 16.5. The molecule has 0 atom stereocenters. The molecule has 0 radical (unpaired) electrons. The predicted octanol–water partition coefficient (Wildman–Crippen LogP) is 1.93. The average Bonchev–Trinajstić information content (AvgIpc) is 2.71. The summed E-state index contributed by atoms with van der Waals surface area (Å²) in [5.41, 5.74) is 1.02. The molecule has 1 aromatic heterocycles. The molecule has 11 heavy (non-hydrogen) atoms. The lowest BCUT2D eigenvalue weighted by molar-refractivity contribution is 0.302. The van der Waals surface area contributed by atoms with Gasteiger partial charge in [0, 0.05) is 18.0 Å². The monoisotopic (exact) mass is 149 g/mol. The molecule has 2 heteroatoms. The number of pyridine rings is 1. The second-order valence-corrected chi connectivity index (χ2v) is 2.95. The van der Waals surface area contributed by atoms with Crippen molar-refractivity contribution in [1.82, 2.24) is 4.98 Å². The van der Waals surface area contributed by atoms with Crippen molar-refractivity contribution >= 4 is 0 Å². The SMILES string of the molecule is Cc1cc(OC2CC2)ccn1. The van der Waals surface area contributed by atoms with Crippen LogP contribution in [0.25, 0.3) is 0 Å². The number of hydrogen-bond acceptors (Lipinski definition) is 2. The molecule has 1 aliphatic carbocycles. The molecule has 0 unspecified atom stereocenters. The van der Waals surface area contributed by atoms with Gasteiger partial charge in [-0.15, -0.1) is 0 Å². The van der Waals surface area contributed by atoms with Gasteiger partial charge >= 0.3 is 0 Å². The quantitative estimate of drug-likeness (QED) is 0.641. The van der Waals surface area contributed by atoms with Crippen LogP contribution in [0, 0.1) is 6.92 Å². The zero-order valence-corrected chi connectivity index (χ0v) is 6.58. The van der Waals surface area contributed by atoms with Crippen molar-refractivity contribution in [1.29, 1.82) is 0 Å². The molecule has 0 aromatic carbocycles. The van der Waals surface area contributed by atoms with E-state index in [2.05, 4.69) is 4.98 Å². The fraction of sp³-hybridized carbons (Fsp3) is 0.444. The minimum Gasteiger partial charge on any atom is -0.490 e. The van der Waals surface area contributed by atoms with Crippen molar-refractivity contribution in [2.24, 2.45) is 0 Å². The van der Waals surface area contributed by atoms with Gasteiger partial charge in [-0.3, -0.25) is 4.98 Å². The number of nitrogens with zero attached hydrogens (tertiary/aromatic N) is 1. The molecular weight excluding hydrogens is 138 g/mol. The topological polar surface area (TPSA) is 22.1 Å². The second kappa shape index (κ2) is 2.53. The fourth-order valence-electron chi connectivity index (χ4n) is 0.971. The zero-order valence-electron chi connectivity index (χ0n) is 6.58. The van der Waals surface area contributed by atoms with Gasteiger partial charge in [-0.1, -0.05) is 0 Å². The number of aryl methyl sites for hydroxylation is 1. The molecule has 0 saturated heterocycles. The maximum atomic E-state index is 5.57. The van der Waals surface area contributed by atoms with E-state index in [0.29, 0.717) is 6.10 Å². The zero-order chi connectivity index (χ0) is 7.68. The summed E-state index contributed by atoms with van der Waals surface area (Å²) in [7, 11) is 0. The highest BCUT2D eigenvalue weighted by atomic mass is 16.5. The Hall–Kier alpha value is -1.05. The highest BCUT2D eigenvalue weighted by Crippen LogP contribution is 2.26. The lowest BCUT2D eigenvalue weighted by atomic mass is 10.3. The molecule has 0 N–H and O–H groups in total. The number of hydrogen-bond donors (Lipinski definition) is 0. The van der Waals surface area contributed by atoms with E-state index in [1.807, 2.05) is 19.1 Å². The van der Waals surface area contributed by atoms with Crippen LogP contribution in [0.2, 0.25) is 0 Å². The highest BCUT2D eigenvalue weighted by molar-refractivity contribution is 5.22. The van der Waals surface area contributed by atoms with Crippen molar-refractivity contribution < 1.29 is 4.74 Å². The van der Waals surface area contributed by atoms with Crippen LogP contribution in [0.5, 0.6) is 5.75 Å². The van der Waals surface area contributed by atoms with Crippen molar-refractivity contribution in [3.8, 4) is 5.75 Å². The Labute approximate surface area is 66.2 Å². The largest absolute Gasteiger partial charge is 0.490 e. The van der Waals surface area contributed by atoms with Crippen molar-refractivity contribution in [2.45, 2.75) is 25.9 Å². The standard InChI is InChI=1S/C9H11NO/c1-7-6-9(4-5-10-7)11-8-2-3-8/h4-6,8H,2-3H2,1H3. The molecule has 1 aromatic rings. The Balaban J connectivity index is 2.10. The maximum absolute atomic E-state index is 5.57. The first-order valence-corrected chi connectivity index (χ1v) is 3.94. The van der Waals surface area contributed by atoms with Crippen LogP contribution in [0.1, 0.15) is 18.5 Å². The third kappa shape index (κ3) is 1.70. The third-order valence-corrected chi connectivity index (χ3v) is 1.70. The van der Waals surface area contributed by atoms with Crippen LogP contribution in [-0.4, -0.2) is 11.1 Å². The molecule has 58 valence electrons. The Morgan fingerprint density at radius 3 is 3.00 bits per heavy atom. The molecule has 2 nitrogen and oxygen atoms in total. The average molecular weight is 149 g/mol. The first-order valence-electron chi connectivity index (χ1n) is 3.94. The van der Waals surface area contributed by atoms with E-state index in [1.54, 1.807) is 6.20 Å². The number of aromatic nitrogens is 1. The predicted molar refractivity (Wildman–Crippen MR) is 42.6 cm³/mol. The molecule has 1 fully saturated rings. The molecule has 0 amide bonds. The molecule has 0 bridgehead atoms. The van der Waals surface area contributed by atoms with Crippen LogP contribution in [0.15, 0.2) is 18.3 Å². The Bertz CT molecular complexity index is 255. The van der Waals surface area contributed by atoms with Gasteiger partial charge in [0.05, 0.1) is 6.10 Å². The minimum atomic E-state index is 0.483. The van der Waals surface area contributed by atoms with E-state index in [4.69, 9.17) is 4.74 Å². The summed E-state index contributed by atoms with van der Waals surface area (Å²) in [6.45, 7) is 1.97. The van der Waals surface area contributed by atoms with Gasteiger partial charge in [0.1, 0.15) is 5.75 Å². The molecule has 1 aliphatic rings. The summed E-state index contributed by atoms with van der Waals surface area (Å²) in [6, 6.07) is 3.88. The van der Waals surface area contributed by atoms with Gasteiger partial charge in [0.2, 0.25) is 0 Å². The second-order valence-electron chi connectivity index (χ2n) is 2.95. The third-order valence-electron chi connectivity index (χ3n) is 1.70. The maximum Gasteiger partial charge on any atom is 0.123 e. The van der Waals surface area contributed by atoms with Crippen molar-refractivity contribution in [3.63, 3.8) is 0 Å². The van der Waals surface area contributed by atoms with Gasteiger partial charge in [0.25, 0.3) is 0 Å². The Kier molecular flexibility index (Phi) is 1.53. The summed E-state index contributed by atoms with van der Waals surface area (Å²) in [5, 5.41) is 0. The molecule has 0 aliphatic heterocycles. The van der Waals surface area contributed by atoms with E-state index >= 15 is 0 Å². The molecule has 1 heterocycles. The molecule has 2 rings (SSSR count). The fourth-order valence-corrected chi connectivity index (χ4v) is 0.971. The first-order chi connectivity index (χ1) is 5.34. The molecular formula is C9H11NO. The van der Waals surface area contributed by atoms with E-state index in [9.17, 15) is 0 Å². The van der Waals surface area contributed by atoms with Gasteiger partial charge in [-0.05, 0) is 25.8 Å². The smallest absolute Gasteiger partial charge is 0.123 e. The van der Waals surface area contributed by atoms with Crippen LogP contribution in [-0.2, 0) is 0 Å². The lowest BCUT2D eigenvalue weighted by Crippen LogP contribution is -1.96. The van der Waals surface area contributed by atoms with Crippen LogP contribution < -0.4 is 4.74 Å². The lowest BCUT2D eigenvalue weighted by Gasteiger charge is -2.02. The summed E-state index contributed by atoms with van der Waals surface area (Å²) in [6.07, 6.45) is 4.69. The minimum absolute atomic E-state index is 0.483. The molecule has 0 spiro atoms. The van der Waals surface area contributed by atoms with Gasteiger partial charge in [0.15, 0.2) is 0 Å². The van der Waals surface area contributed by atoms with Crippen molar-refractivity contribution in [2.75, 3.05) is 0 Å². The van der Waals surface area contributed by atoms with E-state index < -0.39 is 0 Å². The van der Waals surface area contributed by atoms with E-state index in [0.717, 1.165) is 11.4 Å². The van der Waals surface area contributed by atoms with Crippen LogP contribution in [0.3, 0.4) is 0 Å². The summed E-state index contributed by atoms with van der Waals surface area (Å²) < 4.78 is 5.57. The summed E-state index contributed by atoms with van der Waals surface area (Å²) in [5.74, 6) is 0.958.